The molecule has 1 aliphatic heterocycles. The van der Waals surface area contributed by atoms with Gasteiger partial charge in [-0.15, -0.1) is 0 Å². The van der Waals surface area contributed by atoms with Crippen molar-refractivity contribution in [3.8, 4) is 0 Å². The molecule has 2 aromatic rings. The number of rotatable bonds is 6. The third-order valence-electron chi connectivity index (χ3n) is 4.02. The Morgan fingerprint density at radius 3 is 2.52 bits per heavy atom. The highest BCUT2D eigenvalue weighted by Gasteiger charge is 2.34. The fourth-order valence-corrected chi connectivity index (χ4v) is 3.60. The van der Waals surface area contributed by atoms with E-state index in [1.807, 2.05) is 0 Å². The lowest BCUT2D eigenvalue weighted by Crippen LogP contribution is -2.36. The van der Waals surface area contributed by atoms with Gasteiger partial charge in [0.1, 0.15) is 5.82 Å². The van der Waals surface area contributed by atoms with Gasteiger partial charge in [-0.3, -0.25) is 19.3 Å². The molecule has 3 rings (SSSR count). The molecule has 3 amide bonds. The summed E-state index contributed by atoms with van der Waals surface area (Å²) in [6, 6.07) is 13.1. The number of carbonyl (C=O) groups excluding carboxylic acids is 3. The highest BCUT2D eigenvalue weighted by molar-refractivity contribution is 8.18. The normalized spacial score (nSPS) is 15.5. The lowest BCUT2D eigenvalue weighted by Gasteiger charge is -2.12. The molecule has 0 unspecified atom stereocenters. The molecule has 1 N–H and O–H groups in total. The summed E-state index contributed by atoms with van der Waals surface area (Å²) < 4.78 is 13.5. The van der Waals surface area contributed by atoms with Crippen LogP contribution >= 0.6 is 23.4 Å². The van der Waals surface area contributed by atoms with E-state index in [2.05, 4.69) is 5.32 Å². The number of imide groups is 1. The van der Waals surface area contributed by atoms with Crippen LogP contribution in [0.4, 0.5) is 9.18 Å². The van der Waals surface area contributed by atoms with Gasteiger partial charge >= 0.3 is 0 Å². The summed E-state index contributed by atoms with van der Waals surface area (Å²) in [4.78, 5) is 37.8. The highest BCUT2D eigenvalue weighted by Crippen LogP contribution is 2.33. The Morgan fingerprint density at radius 2 is 1.79 bits per heavy atom. The summed E-state index contributed by atoms with van der Waals surface area (Å²) in [5, 5.41) is 2.64. The molecular formula is C21H16ClFN2O3S. The molecular weight excluding hydrogens is 415 g/mol. The minimum Gasteiger partial charge on any atom is -0.351 e. The second-order valence-electron chi connectivity index (χ2n) is 6.00. The molecule has 0 spiro atoms. The number of carbonyl (C=O) groups is 3. The van der Waals surface area contributed by atoms with E-state index in [0.29, 0.717) is 16.1 Å². The molecule has 0 aliphatic carbocycles. The van der Waals surface area contributed by atoms with Crippen molar-refractivity contribution in [2.75, 3.05) is 13.1 Å². The average molecular weight is 431 g/mol. The minimum absolute atomic E-state index is 0.0316. The molecule has 1 heterocycles. The van der Waals surface area contributed by atoms with E-state index >= 15 is 0 Å². The van der Waals surface area contributed by atoms with Gasteiger partial charge in [0.15, 0.2) is 0 Å². The highest BCUT2D eigenvalue weighted by atomic mass is 35.5. The van der Waals surface area contributed by atoms with Crippen LogP contribution < -0.4 is 5.32 Å². The van der Waals surface area contributed by atoms with Gasteiger partial charge in [-0.05, 0) is 41.6 Å². The van der Waals surface area contributed by atoms with Crippen LogP contribution in [0.25, 0.3) is 12.2 Å². The molecule has 0 radical (unpaired) electrons. The Bertz CT molecular complexity index is 1020. The standard InChI is InChI=1S/C21H16ClFN2O3S/c22-16-7-3-1-6-15(16)13-18-20(27)25(21(28)29-18)12-11-24-19(26)10-9-14-5-2-4-8-17(14)23/h1-10,13H,11-12H2,(H,24,26). The van der Waals surface area contributed by atoms with Crippen molar-refractivity contribution in [1.82, 2.24) is 10.2 Å². The third-order valence-corrected chi connectivity index (χ3v) is 5.27. The van der Waals surface area contributed by atoms with Crippen LogP contribution in [-0.4, -0.2) is 35.0 Å². The van der Waals surface area contributed by atoms with Gasteiger partial charge in [-0.25, -0.2) is 4.39 Å². The fourth-order valence-electron chi connectivity index (χ4n) is 2.55. The van der Waals surface area contributed by atoms with Crippen LogP contribution in [0.15, 0.2) is 59.5 Å². The first-order valence-electron chi connectivity index (χ1n) is 8.66. The quantitative estimate of drug-likeness (QED) is 0.692. The lowest BCUT2D eigenvalue weighted by molar-refractivity contribution is -0.123. The zero-order valence-electron chi connectivity index (χ0n) is 15.1. The van der Waals surface area contributed by atoms with Gasteiger partial charge in [-0.2, -0.15) is 0 Å². The molecule has 1 saturated heterocycles. The van der Waals surface area contributed by atoms with Crippen molar-refractivity contribution in [3.05, 3.63) is 81.5 Å². The molecule has 0 bridgehead atoms. The molecule has 1 aliphatic rings. The van der Waals surface area contributed by atoms with E-state index in [0.717, 1.165) is 16.7 Å². The molecule has 2 aromatic carbocycles. The van der Waals surface area contributed by atoms with E-state index in [-0.39, 0.29) is 18.0 Å². The van der Waals surface area contributed by atoms with Gasteiger partial charge in [0.25, 0.3) is 11.1 Å². The number of thioether (sulfide) groups is 1. The smallest absolute Gasteiger partial charge is 0.293 e. The van der Waals surface area contributed by atoms with E-state index in [9.17, 15) is 18.8 Å². The van der Waals surface area contributed by atoms with Crippen LogP contribution in [0, 0.1) is 5.82 Å². The maximum atomic E-state index is 13.5. The maximum Gasteiger partial charge on any atom is 0.293 e. The summed E-state index contributed by atoms with van der Waals surface area (Å²) in [7, 11) is 0. The monoisotopic (exact) mass is 430 g/mol. The Hall–Kier alpha value is -2.90. The fraction of sp³-hybridized carbons (Fsp3) is 0.0952. The Labute approximate surface area is 176 Å². The Balaban J connectivity index is 1.55. The SMILES string of the molecule is O=C(C=Cc1ccccc1F)NCCN1C(=O)SC(=Cc2ccccc2Cl)C1=O. The van der Waals surface area contributed by atoms with Crippen LogP contribution in [-0.2, 0) is 9.59 Å². The van der Waals surface area contributed by atoms with E-state index < -0.39 is 22.9 Å². The second-order valence-corrected chi connectivity index (χ2v) is 7.40. The summed E-state index contributed by atoms with van der Waals surface area (Å²) in [6.07, 6.45) is 4.13. The van der Waals surface area contributed by atoms with Gasteiger partial charge < -0.3 is 5.32 Å². The number of nitrogens with zero attached hydrogens (tertiary/aromatic N) is 1. The first kappa shape index (κ1) is 20.8. The zero-order valence-corrected chi connectivity index (χ0v) is 16.7. The lowest BCUT2D eigenvalue weighted by atomic mass is 10.2. The number of hydrogen-bond donors (Lipinski definition) is 1. The topological polar surface area (TPSA) is 66.5 Å². The number of amides is 3. The zero-order chi connectivity index (χ0) is 20.8. The van der Waals surface area contributed by atoms with Gasteiger partial charge in [0, 0.05) is 29.8 Å². The molecule has 8 heteroatoms. The van der Waals surface area contributed by atoms with Crippen molar-refractivity contribution >= 4 is 52.6 Å². The minimum atomic E-state index is -0.452. The van der Waals surface area contributed by atoms with E-state index in [4.69, 9.17) is 11.6 Å². The number of benzene rings is 2. The van der Waals surface area contributed by atoms with Crippen molar-refractivity contribution in [2.24, 2.45) is 0 Å². The Morgan fingerprint density at radius 1 is 1.10 bits per heavy atom. The van der Waals surface area contributed by atoms with Crippen LogP contribution in [0.5, 0.6) is 0 Å². The summed E-state index contributed by atoms with van der Waals surface area (Å²) in [5.41, 5.74) is 0.935. The molecule has 1 fully saturated rings. The first-order chi connectivity index (χ1) is 14.0. The third kappa shape index (κ3) is 5.34. The summed E-state index contributed by atoms with van der Waals surface area (Å²) >= 11 is 6.91. The van der Waals surface area contributed by atoms with Gasteiger partial charge in [-0.1, -0.05) is 48.0 Å². The van der Waals surface area contributed by atoms with Crippen molar-refractivity contribution < 1.29 is 18.8 Å². The van der Waals surface area contributed by atoms with Crippen molar-refractivity contribution in [2.45, 2.75) is 0 Å². The number of nitrogens with one attached hydrogen (secondary N) is 1. The first-order valence-corrected chi connectivity index (χ1v) is 9.85. The molecule has 0 aromatic heterocycles. The predicted molar refractivity (Wildman–Crippen MR) is 113 cm³/mol. The molecule has 0 atom stereocenters. The number of hydrogen-bond acceptors (Lipinski definition) is 4. The van der Waals surface area contributed by atoms with Crippen LogP contribution in [0.1, 0.15) is 11.1 Å². The molecule has 0 saturated carbocycles. The summed E-state index contributed by atoms with van der Waals surface area (Å²) in [6.45, 7) is 0.113. The number of halogens is 2. The predicted octanol–water partition coefficient (Wildman–Crippen LogP) is 4.35. The van der Waals surface area contributed by atoms with Crippen LogP contribution in [0.2, 0.25) is 5.02 Å². The van der Waals surface area contributed by atoms with E-state index in [1.54, 1.807) is 48.5 Å². The molecule has 148 valence electrons. The average Bonchev–Trinajstić information content (AvgIpc) is 2.96. The van der Waals surface area contributed by atoms with E-state index in [1.165, 1.54) is 18.2 Å². The Kier molecular flexibility index (Phi) is 6.85. The molecule has 5 nitrogen and oxygen atoms in total. The van der Waals surface area contributed by atoms with Gasteiger partial charge in [0.05, 0.1) is 4.91 Å². The van der Waals surface area contributed by atoms with Crippen molar-refractivity contribution in [3.63, 3.8) is 0 Å². The van der Waals surface area contributed by atoms with Crippen molar-refractivity contribution in [1.29, 1.82) is 0 Å². The molecule has 29 heavy (non-hydrogen) atoms. The van der Waals surface area contributed by atoms with Crippen LogP contribution in [0.3, 0.4) is 0 Å². The maximum absolute atomic E-state index is 13.5. The van der Waals surface area contributed by atoms with Gasteiger partial charge in [0.2, 0.25) is 5.91 Å². The summed E-state index contributed by atoms with van der Waals surface area (Å²) in [5.74, 6) is -1.32. The largest absolute Gasteiger partial charge is 0.351 e. The second kappa shape index (κ2) is 9.54.